The molecule has 0 amide bonds. The number of hydrogen-bond donors (Lipinski definition) is 3. The quantitative estimate of drug-likeness (QED) is 0.740. The van der Waals surface area contributed by atoms with Gasteiger partial charge in [0.05, 0.1) is 11.3 Å². The molecule has 1 aliphatic rings. The number of rotatable bonds is 3. The van der Waals surface area contributed by atoms with Crippen LogP contribution in [-0.2, 0) is 10.0 Å². The van der Waals surface area contributed by atoms with E-state index in [0.29, 0.717) is 18.5 Å². The van der Waals surface area contributed by atoms with Gasteiger partial charge < -0.3 is 10.4 Å². The van der Waals surface area contributed by atoms with Crippen LogP contribution in [0.3, 0.4) is 0 Å². The summed E-state index contributed by atoms with van der Waals surface area (Å²) >= 11 is 0. The minimum absolute atomic E-state index is 0.0894. The summed E-state index contributed by atoms with van der Waals surface area (Å²) in [5.41, 5.74) is -0.149. The van der Waals surface area contributed by atoms with Crippen LogP contribution in [0.25, 0.3) is 0 Å². The zero-order valence-corrected chi connectivity index (χ0v) is 10.4. The third kappa shape index (κ3) is 2.77. The van der Waals surface area contributed by atoms with E-state index in [1.807, 2.05) is 0 Å². The molecule has 6 heteroatoms. The van der Waals surface area contributed by atoms with Gasteiger partial charge in [-0.25, -0.2) is 13.6 Å². The summed E-state index contributed by atoms with van der Waals surface area (Å²) in [6.45, 7) is 1.76. The molecular weight excluding hydrogens is 240 g/mol. The second kappa shape index (κ2) is 3.97. The molecule has 1 aliphatic carbocycles. The van der Waals surface area contributed by atoms with Gasteiger partial charge in [0, 0.05) is 6.04 Å². The van der Waals surface area contributed by atoms with Crippen LogP contribution in [0.5, 0.6) is 0 Å². The van der Waals surface area contributed by atoms with Crippen LogP contribution in [0.15, 0.2) is 29.2 Å². The lowest BCUT2D eigenvalue weighted by molar-refractivity contribution is -0.0234. The topological polar surface area (TPSA) is 92.4 Å². The Kier molecular flexibility index (Phi) is 2.89. The molecule has 0 spiro atoms. The van der Waals surface area contributed by atoms with Crippen LogP contribution < -0.4 is 10.5 Å². The van der Waals surface area contributed by atoms with Gasteiger partial charge in [-0.3, -0.25) is 0 Å². The van der Waals surface area contributed by atoms with Crippen molar-refractivity contribution in [3.05, 3.63) is 24.3 Å². The molecule has 0 heterocycles. The number of aliphatic hydroxyl groups is 1. The van der Waals surface area contributed by atoms with E-state index in [2.05, 4.69) is 5.32 Å². The van der Waals surface area contributed by atoms with Gasteiger partial charge in [0.2, 0.25) is 10.0 Å². The number of para-hydroxylation sites is 1. The molecule has 4 N–H and O–H groups in total. The van der Waals surface area contributed by atoms with Crippen LogP contribution >= 0.6 is 0 Å². The molecule has 94 valence electrons. The first-order valence-corrected chi connectivity index (χ1v) is 6.93. The first-order chi connectivity index (χ1) is 7.78. The van der Waals surface area contributed by atoms with E-state index < -0.39 is 15.6 Å². The highest BCUT2D eigenvalue weighted by Crippen LogP contribution is 2.34. The summed E-state index contributed by atoms with van der Waals surface area (Å²) in [5, 5.41) is 17.8. The number of anilines is 1. The van der Waals surface area contributed by atoms with E-state index >= 15 is 0 Å². The van der Waals surface area contributed by atoms with Gasteiger partial charge >= 0.3 is 0 Å². The van der Waals surface area contributed by atoms with Gasteiger partial charge in [-0.2, -0.15) is 0 Å². The fraction of sp³-hybridized carbons (Fsp3) is 0.455. The Morgan fingerprint density at radius 2 is 2.00 bits per heavy atom. The van der Waals surface area contributed by atoms with Gasteiger partial charge in [-0.05, 0) is 31.9 Å². The van der Waals surface area contributed by atoms with Crippen LogP contribution in [0, 0.1) is 0 Å². The smallest absolute Gasteiger partial charge is 0.240 e. The van der Waals surface area contributed by atoms with Crippen LogP contribution in [0.4, 0.5) is 5.69 Å². The first kappa shape index (κ1) is 12.3. The zero-order chi connectivity index (χ0) is 12.7. The highest BCUT2D eigenvalue weighted by molar-refractivity contribution is 7.89. The Morgan fingerprint density at radius 1 is 1.41 bits per heavy atom. The minimum Gasteiger partial charge on any atom is -0.390 e. The van der Waals surface area contributed by atoms with Crippen molar-refractivity contribution in [2.45, 2.75) is 36.3 Å². The second-order valence-corrected chi connectivity index (χ2v) is 6.32. The maximum atomic E-state index is 11.4. The van der Waals surface area contributed by atoms with Gasteiger partial charge in [-0.1, -0.05) is 12.1 Å². The summed E-state index contributed by atoms with van der Waals surface area (Å²) in [6.07, 6.45) is 1.21. The van der Waals surface area contributed by atoms with E-state index in [1.54, 1.807) is 25.1 Å². The van der Waals surface area contributed by atoms with E-state index in [-0.39, 0.29) is 10.9 Å². The molecule has 0 bridgehead atoms. The van der Waals surface area contributed by atoms with Crippen LogP contribution in [-0.4, -0.2) is 25.2 Å². The van der Waals surface area contributed by atoms with Crippen LogP contribution in [0.1, 0.15) is 19.8 Å². The summed E-state index contributed by atoms with van der Waals surface area (Å²) in [5.74, 6) is 0. The van der Waals surface area contributed by atoms with Crippen molar-refractivity contribution in [3.8, 4) is 0 Å². The van der Waals surface area contributed by atoms with Crippen molar-refractivity contribution in [2.24, 2.45) is 5.14 Å². The molecule has 0 aromatic heterocycles. The largest absolute Gasteiger partial charge is 0.390 e. The molecule has 0 saturated heterocycles. The average molecular weight is 256 g/mol. The summed E-state index contributed by atoms with van der Waals surface area (Å²) in [4.78, 5) is 0.0894. The summed E-state index contributed by atoms with van der Waals surface area (Å²) in [7, 11) is -3.72. The Labute approximate surface area is 101 Å². The predicted molar refractivity (Wildman–Crippen MR) is 65.1 cm³/mol. The van der Waals surface area contributed by atoms with Crippen molar-refractivity contribution < 1.29 is 13.5 Å². The SMILES string of the molecule is CC1(O)CC(Nc2ccccc2S(N)(=O)=O)C1. The number of benzene rings is 1. The van der Waals surface area contributed by atoms with E-state index in [9.17, 15) is 13.5 Å². The second-order valence-electron chi connectivity index (χ2n) is 4.79. The Bertz CT molecular complexity index is 517. The fourth-order valence-corrected chi connectivity index (χ4v) is 2.86. The molecule has 0 unspecified atom stereocenters. The molecular formula is C11H16N2O3S. The number of nitrogens with one attached hydrogen (secondary N) is 1. The first-order valence-electron chi connectivity index (χ1n) is 5.39. The van der Waals surface area contributed by atoms with E-state index in [1.165, 1.54) is 6.07 Å². The maximum Gasteiger partial charge on any atom is 0.240 e. The summed E-state index contributed by atoms with van der Waals surface area (Å²) < 4.78 is 22.7. The van der Waals surface area contributed by atoms with Crippen molar-refractivity contribution in [2.75, 3.05) is 5.32 Å². The lowest BCUT2D eigenvalue weighted by Gasteiger charge is -2.41. The summed E-state index contributed by atoms with van der Waals surface area (Å²) in [6, 6.07) is 6.60. The van der Waals surface area contributed by atoms with E-state index in [0.717, 1.165) is 0 Å². The number of sulfonamides is 1. The molecule has 1 aromatic carbocycles. The molecule has 2 rings (SSSR count). The number of primary sulfonamides is 1. The molecule has 0 aliphatic heterocycles. The monoisotopic (exact) mass is 256 g/mol. The van der Waals surface area contributed by atoms with Gasteiger partial charge in [-0.15, -0.1) is 0 Å². The highest BCUT2D eigenvalue weighted by atomic mass is 32.2. The lowest BCUT2D eigenvalue weighted by Crippen LogP contribution is -2.48. The number of nitrogens with two attached hydrogens (primary N) is 1. The average Bonchev–Trinajstić information content (AvgIpc) is 2.14. The molecule has 1 saturated carbocycles. The molecule has 17 heavy (non-hydrogen) atoms. The van der Waals surface area contributed by atoms with Gasteiger partial charge in [0.1, 0.15) is 4.90 Å². The predicted octanol–water partition coefficient (Wildman–Crippen LogP) is 0.659. The lowest BCUT2D eigenvalue weighted by atomic mass is 9.77. The maximum absolute atomic E-state index is 11.4. The zero-order valence-electron chi connectivity index (χ0n) is 9.55. The van der Waals surface area contributed by atoms with Crippen molar-refractivity contribution in [1.29, 1.82) is 0 Å². The number of hydrogen-bond acceptors (Lipinski definition) is 4. The Hall–Kier alpha value is -1.11. The fourth-order valence-electron chi connectivity index (χ4n) is 2.16. The van der Waals surface area contributed by atoms with Crippen LogP contribution in [0.2, 0.25) is 0 Å². The Morgan fingerprint density at radius 3 is 2.53 bits per heavy atom. The highest BCUT2D eigenvalue weighted by Gasteiger charge is 2.38. The minimum atomic E-state index is -3.72. The van der Waals surface area contributed by atoms with E-state index in [4.69, 9.17) is 5.14 Å². The molecule has 1 aromatic rings. The standard InChI is InChI=1S/C11H16N2O3S/c1-11(14)6-8(7-11)13-9-4-2-3-5-10(9)17(12,15)16/h2-5,8,13-14H,6-7H2,1H3,(H2,12,15,16). The third-order valence-electron chi connectivity index (χ3n) is 2.93. The normalized spacial score (nSPS) is 28.5. The molecule has 1 fully saturated rings. The van der Waals surface area contributed by atoms with Gasteiger partial charge in [0.25, 0.3) is 0 Å². The molecule has 0 radical (unpaired) electrons. The van der Waals surface area contributed by atoms with Crippen molar-refractivity contribution >= 4 is 15.7 Å². The Balaban J connectivity index is 2.17. The van der Waals surface area contributed by atoms with Crippen molar-refractivity contribution in [3.63, 3.8) is 0 Å². The van der Waals surface area contributed by atoms with Gasteiger partial charge in [0.15, 0.2) is 0 Å². The third-order valence-corrected chi connectivity index (χ3v) is 3.89. The molecule has 5 nitrogen and oxygen atoms in total. The van der Waals surface area contributed by atoms with Crippen molar-refractivity contribution in [1.82, 2.24) is 0 Å². The molecule has 0 atom stereocenters.